The highest BCUT2D eigenvalue weighted by Crippen LogP contribution is 2.33. The van der Waals surface area contributed by atoms with E-state index in [0.717, 1.165) is 16.0 Å². The van der Waals surface area contributed by atoms with Gasteiger partial charge in [0.25, 0.3) is 5.91 Å². The SMILES string of the molecule is COc1cccc(-c2ccc(C(=O)N3CCCCC3C(F)(F)F)cc2)c1. The van der Waals surface area contributed by atoms with Crippen molar-refractivity contribution in [3.63, 3.8) is 0 Å². The Morgan fingerprint density at radius 3 is 2.46 bits per heavy atom. The Kier molecular flexibility index (Phi) is 5.20. The molecule has 1 heterocycles. The smallest absolute Gasteiger partial charge is 0.408 e. The standard InChI is InChI=1S/C20H20F3NO2/c1-26-17-6-4-5-16(13-17)14-8-10-15(11-9-14)19(25)24-12-3-2-7-18(24)20(21,22)23/h4-6,8-11,13,18H,2-3,7,12H2,1H3. The largest absolute Gasteiger partial charge is 0.497 e. The normalized spacial score (nSPS) is 17.8. The van der Waals surface area contributed by atoms with Crippen LogP contribution in [0.1, 0.15) is 29.6 Å². The first-order chi connectivity index (χ1) is 12.4. The molecule has 26 heavy (non-hydrogen) atoms. The van der Waals surface area contributed by atoms with Crippen LogP contribution in [0, 0.1) is 0 Å². The highest BCUT2D eigenvalue weighted by Gasteiger charge is 2.46. The van der Waals surface area contributed by atoms with E-state index in [4.69, 9.17) is 4.74 Å². The van der Waals surface area contributed by atoms with Crippen LogP contribution in [0.15, 0.2) is 48.5 Å². The molecule has 0 bridgehead atoms. The first kappa shape index (κ1) is 18.3. The molecule has 1 atom stereocenters. The van der Waals surface area contributed by atoms with Crippen LogP contribution in [-0.2, 0) is 0 Å². The molecule has 0 spiro atoms. The molecule has 138 valence electrons. The molecule has 1 unspecified atom stereocenters. The van der Waals surface area contributed by atoms with Crippen LogP contribution in [0.5, 0.6) is 5.75 Å². The molecule has 3 rings (SSSR count). The van der Waals surface area contributed by atoms with E-state index in [1.807, 2.05) is 24.3 Å². The van der Waals surface area contributed by atoms with E-state index in [2.05, 4.69) is 0 Å². The number of hydrogen-bond donors (Lipinski definition) is 0. The number of carbonyl (C=O) groups excluding carboxylic acids is 1. The van der Waals surface area contributed by atoms with Gasteiger partial charge in [-0.2, -0.15) is 13.2 Å². The molecule has 2 aromatic rings. The predicted octanol–water partition coefficient (Wildman–Crippen LogP) is 4.92. The van der Waals surface area contributed by atoms with Gasteiger partial charge in [0, 0.05) is 12.1 Å². The van der Waals surface area contributed by atoms with Gasteiger partial charge in [0.05, 0.1) is 7.11 Å². The summed E-state index contributed by atoms with van der Waals surface area (Å²) in [5.74, 6) is 0.146. The Bertz CT molecular complexity index is 771. The summed E-state index contributed by atoms with van der Waals surface area (Å²) in [4.78, 5) is 13.6. The van der Waals surface area contributed by atoms with Crippen LogP contribution in [0.4, 0.5) is 13.2 Å². The minimum absolute atomic E-state index is 0.0306. The quantitative estimate of drug-likeness (QED) is 0.775. The molecule has 0 saturated carbocycles. The lowest BCUT2D eigenvalue weighted by Gasteiger charge is -2.36. The average Bonchev–Trinajstić information content (AvgIpc) is 2.67. The highest BCUT2D eigenvalue weighted by atomic mass is 19.4. The number of halogens is 3. The fourth-order valence-corrected chi connectivity index (χ4v) is 3.29. The van der Waals surface area contributed by atoms with Crippen molar-refractivity contribution in [3.8, 4) is 16.9 Å². The first-order valence-corrected chi connectivity index (χ1v) is 8.52. The number of ether oxygens (including phenoxy) is 1. The molecule has 1 fully saturated rings. The molecular weight excluding hydrogens is 343 g/mol. The molecule has 0 aromatic heterocycles. The van der Waals surface area contributed by atoms with Gasteiger partial charge in [0.2, 0.25) is 0 Å². The van der Waals surface area contributed by atoms with Gasteiger partial charge in [0.15, 0.2) is 0 Å². The van der Waals surface area contributed by atoms with E-state index in [1.165, 1.54) is 0 Å². The summed E-state index contributed by atoms with van der Waals surface area (Å²) in [6, 6.07) is 12.4. The van der Waals surface area contributed by atoms with Crippen molar-refractivity contribution < 1.29 is 22.7 Å². The molecule has 6 heteroatoms. The highest BCUT2D eigenvalue weighted by molar-refractivity contribution is 5.95. The fourth-order valence-electron chi connectivity index (χ4n) is 3.29. The summed E-state index contributed by atoms with van der Waals surface area (Å²) in [5.41, 5.74) is 2.05. The van der Waals surface area contributed by atoms with Crippen LogP contribution >= 0.6 is 0 Å². The van der Waals surface area contributed by atoms with Gasteiger partial charge < -0.3 is 9.64 Å². The lowest BCUT2D eigenvalue weighted by Crippen LogP contribution is -2.51. The third-order valence-electron chi connectivity index (χ3n) is 4.68. The molecule has 1 amide bonds. The maximum absolute atomic E-state index is 13.2. The van der Waals surface area contributed by atoms with Crippen molar-refractivity contribution in [1.29, 1.82) is 0 Å². The number of rotatable bonds is 3. The number of methoxy groups -OCH3 is 1. The van der Waals surface area contributed by atoms with Crippen LogP contribution in [-0.4, -0.2) is 36.7 Å². The zero-order chi connectivity index (χ0) is 18.7. The number of likely N-dealkylation sites (tertiary alicyclic amines) is 1. The Balaban J connectivity index is 1.82. The Labute approximate surface area is 150 Å². The predicted molar refractivity (Wildman–Crippen MR) is 93.2 cm³/mol. The second-order valence-electron chi connectivity index (χ2n) is 6.36. The van der Waals surface area contributed by atoms with E-state index in [0.29, 0.717) is 18.6 Å². The lowest BCUT2D eigenvalue weighted by atomic mass is 9.99. The van der Waals surface area contributed by atoms with E-state index < -0.39 is 18.1 Å². The van der Waals surface area contributed by atoms with Crippen LogP contribution in [0.25, 0.3) is 11.1 Å². The van der Waals surface area contributed by atoms with Crippen molar-refractivity contribution in [3.05, 3.63) is 54.1 Å². The number of piperidine rings is 1. The fraction of sp³-hybridized carbons (Fsp3) is 0.350. The maximum Gasteiger partial charge on any atom is 0.408 e. The van der Waals surface area contributed by atoms with E-state index >= 15 is 0 Å². The zero-order valence-electron chi connectivity index (χ0n) is 14.4. The topological polar surface area (TPSA) is 29.5 Å². The molecular formula is C20H20F3NO2. The molecule has 1 aliphatic heterocycles. The maximum atomic E-state index is 13.2. The molecule has 2 aromatic carbocycles. The summed E-state index contributed by atoms with van der Waals surface area (Å²) in [5, 5.41) is 0. The molecule has 1 aliphatic rings. The number of alkyl halides is 3. The van der Waals surface area contributed by atoms with Crippen LogP contribution in [0.3, 0.4) is 0 Å². The van der Waals surface area contributed by atoms with Gasteiger partial charge in [-0.05, 0) is 54.7 Å². The number of carbonyl (C=O) groups is 1. The second-order valence-corrected chi connectivity index (χ2v) is 6.36. The minimum Gasteiger partial charge on any atom is -0.497 e. The number of nitrogens with zero attached hydrogens (tertiary/aromatic N) is 1. The lowest BCUT2D eigenvalue weighted by molar-refractivity contribution is -0.183. The van der Waals surface area contributed by atoms with Crippen LogP contribution in [0.2, 0.25) is 0 Å². The van der Waals surface area contributed by atoms with Gasteiger partial charge in [-0.3, -0.25) is 4.79 Å². The Morgan fingerprint density at radius 1 is 1.08 bits per heavy atom. The van der Waals surface area contributed by atoms with Crippen molar-refractivity contribution in [2.75, 3.05) is 13.7 Å². The number of benzene rings is 2. The average molecular weight is 363 g/mol. The third-order valence-corrected chi connectivity index (χ3v) is 4.68. The molecule has 0 aliphatic carbocycles. The van der Waals surface area contributed by atoms with Crippen molar-refractivity contribution in [2.45, 2.75) is 31.5 Å². The number of amides is 1. The van der Waals surface area contributed by atoms with Crippen molar-refractivity contribution >= 4 is 5.91 Å². The van der Waals surface area contributed by atoms with E-state index in [9.17, 15) is 18.0 Å². The monoisotopic (exact) mass is 363 g/mol. The molecule has 0 N–H and O–H groups in total. The Morgan fingerprint density at radius 2 is 1.81 bits per heavy atom. The van der Waals surface area contributed by atoms with Crippen molar-refractivity contribution in [1.82, 2.24) is 4.90 Å². The molecule has 1 saturated heterocycles. The summed E-state index contributed by atoms with van der Waals surface area (Å²) < 4.78 is 44.8. The van der Waals surface area contributed by atoms with Gasteiger partial charge in [-0.15, -0.1) is 0 Å². The summed E-state index contributed by atoms with van der Waals surface area (Å²) in [6.07, 6.45) is -3.34. The first-order valence-electron chi connectivity index (χ1n) is 8.52. The summed E-state index contributed by atoms with van der Waals surface area (Å²) in [7, 11) is 1.58. The Hall–Kier alpha value is -2.50. The van der Waals surface area contributed by atoms with E-state index in [1.54, 1.807) is 31.4 Å². The van der Waals surface area contributed by atoms with Crippen molar-refractivity contribution in [2.24, 2.45) is 0 Å². The minimum atomic E-state index is -4.39. The van der Waals surface area contributed by atoms with Crippen LogP contribution < -0.4 is 4.74 Å². The summed E-state index contributed by atoms with van der Waals surface area (Å²) >= 11 is 0. The molecule has 0 radical (unpaired) electrons. The number of hydrogen-bond acceptors (Lipinski definition) is 2. The zero-order valence-corrected chi connectivity index (χ0v) is 14.4. The second kappa shape index (κ2) is 7.40. The van der Waals surface area contributed by atoms with Gasteiger partial charge in [-0.1, -0.05) is 24.3 Å². The van der Waals surface area contributed by atoms with E-state index in [-0.39, 0.29) is 18.5 Å². The van der Waals surface area contributed by atoms with Gasteiger partial charge in [-0.25, -0.2) is 0 Å². The summed E-state index contributed by atoms with van der Waals surface area (Å²) in [6.45, 7) is 0.140. The van der Waals surface area contributed by atoms with Gasteiger partial charge in [0.1, 0.15) is 11.8 Å². The molecule has 3 nitrogen and oxygen atoms in total. The third kappa shape index (κ3) is 3.84. The van der Waals surface area contributed by atoms with Gasteiger partial charge >= 0.3 is 6.18 Å².